The third-order valence-electron chi connectivity index (χ3n) is 3.93. The van der Waals surface area contributed by atoms with Crippen LogP contribution in [-0.2, 0) is 7.05 Å². The molecular formula is C18H18FN3O. The van der Waals surface area contributed by atoms with E-state index in [1.54, 1.807) is 19.2 Å². The number of nitrogens with zero attached hydrogens (tertiary/aromatic N) is 2. The molecule has 2 aromatic carbocycles. The molecule has 3 aromatic rings. The normalized spacial score (nSPS) is 12.6. The number of benzene rings is 2. The Morgan fingerprint density at radius 1 is 1.26 bits per heavy atom. The zero-order valence-corrected chi connectivity index (χ0v) is 13.3. The lowest BCUT2D eigenvalue weighted by atomic mass is 10.0. The molecule has 0 fully saturated rings. The van der Waals surface area contributed by atoms with Gasteiger partial charge in [0.2, 0.25) is 0 Å². The smallest absolute Gasteiger partial charge is 0.261 e. The summed E-state index contributed by atoms with van der Waals surface area (Å²) in [5, 5.41) is 0.528. The molecule has 118 valence electrons. The zero-order valence-electron chi connectivity index (χ0n) is 13.3. The summed E-state index contributed by atoms with van der Waals surface area (Å²) in [7, 11) is 1.64. The summed E-state index contributed by atoms with van der Waals surface area (Å²) in [5.74, 6) is 0.0564. The molecular weight excluding hydrogens is 293 g/mol. The first-order valence-electron chi connectivity index (χ1n) is 7.41. The lowest BCUT2D eigenvalue weighted by Crippen LogP contribution is -2.21. The van der Waals surface area contributed by atoms with Crippen LogP contribution in [0.2, 0.25) is 0 Å². The number of hydrogen-bond donors (Lipinski definition) is 1. The highest BCUT2D eigenvalue weighted by molar-refractivity contribution is 5.84. The Labute approximate surface area is 133 Å². The molecule has 1 atom stereocenters. The molecule has 0 aliphatic heterocycles. The van der Waals surface area contributed by atoms with Crippen LogP contribution in [0.15, 0.2) is 41.2 Å². The Morgan fingerprint density at radius 3 is 2.65 bits per heavy atom. The van der Waals surface area contributed by atoms with Crippen LogP contribution < -0.4 is 11.3 Å². The third-order valence-corrected chi connectivity index (χ3v) is 3.93. The molecule has 0 saturated heterocycles. The standard InChI is InChI=1S/C18H18FN3O/c1-10-7-14(11(2)20)16-15(8-10)18(23)22(3)17(21-16)12-5-4-6-13(19)9-12/h4-9,11H,20H2,1-3H3/t11-/m1/s1. The highest BCUT2D eigenvalue weighted by Gasteiger charge is 2.15. The topological polar surface area (TPSA) is 60.9 Å². The van der Waals surface area contributed by atoms with E-state index in [-0.39, 0.29) is 17.4 Å². The van der Waals surface area contributed by atoms with Gasteiger partial charge in [0.1, 0.15) is 11.6 Å². The summed E-state index contributed by atoms with van der Waals surface area (Å²) in [6, 6.07) is 9.56. The van der Waals surface area contributed by atoms with Crippen molar-refractivity contribution in [3.63, 3.8) is 0 Å². The summed E-state index contributed by atoms with van der Waals surface area (Å²) in [4.78, 5) is 17.3. The van der Waals surface area contributed by atoms with Gasteiger partial charge in [-0.1, -0.05) is 18.2 Å². The van der Waals surface area contributed by atoms with E-state index < -0.39 is 0 Å². The molecule has 2 N–H and O–H groups in total. The van der Waals surface area contributed by atoms with E-state index in [4.69, 9.17) is 5.73 Å². The van der Waals surface area contributed by atoms with E-state index >= 15 is 0 Å². The molecule has 0 spiro atoms. The first-order valence-corrected chi connectivity index (χ1v) is 7.41. The number of nitrogens with two attached hydrogens (primary N) is 1. The van der Waals surface area contributed by atoms with Crippen LogP contribution in [0.25, 0.3) is 22.3 Å². The maximum atomic E-state index is 13.5. The van der Waals surface area contributed by atoms with E-state index in [2.05, 4.69) is 4.98 Å². The average Bonchev–Trinajstić information content (AvgIpc) is 2.50. The summed E-state index contributed by atoms with van der Waals surface area (Å²) in [6.45, 7) is 3.78. The average molecular weight is 311 g/mol. The number of fused-ring (bicyclic) bond motifs is 1. The van der Waals surface area contributed by atoms with E-state index in [1.165, 1.54) is 16.7 Å². The number of halogens is 1. The second-order valence-electron chi connectivity index (χ2n) is 5.85. The molecule has 0 bridgehead atoms. The SMILES string of the molecule is Cc1cc([C@@H](C)N)c2nc(-c3cccc(F)c3)n(C)c(=O)c2c1. The molecule has 5 heteroatoms. The van der Waals surface area contributed by atoms with Crippen LogP contribution >= 0.6 is 0 Å². The Bertz CT molecular complexity index is 960. The predicted molar refractivity (Wildman–Crippen MR) is 89.7 cm³/mol. The number of aryl methyl sites for hydroxylation is 1. The zero-order chi connectivity index (χ0) is 16.7. The molecule has 0 radical (unpaired) electrons. The largest absolute Gasteiger partial charge is 0.324 e. The van der Waals surface area contributed by atoms with Gasteiger partial charge in [0, 0.05) is 18.7 Å². The molecule has 0 amide bonds. The van der Waals surface area contributed by atoms with Crippen molar-refractivity contribution in [2.24, 2.45) is 12.8 Å². The van der Waals surface area contributed by atoms with Gasteiger partial charge in [0.05, 0.1) is 10.9 Å². The van der Waals surface area contributed by atoms with Crippen molar-refractivity contribution >= 4 is 10.9 Å². The Kier molecular flexibility index (Phi) is 3.74. The van der Waals surface area contributed by atoms with Gasteiger partial charge in [0.15, 0.2) is 0 Å². The molecule has 1 heterocycles. The molecule has 0 unspecified atom stereocenters. The van der Waals surface area contributed by atoms with Crippen molar-refractivity contribution in [1.29, 1.82) is 0 Å². The van der Waals surface area contributed by atoms with Gasteiger partial charge < -0.3 is 5.73 Å². The minimum absolute atomic E-state index is 0.167. The van der Waals surface area contributed by atoms with Crippen LogP contribution in [0.5, 0.6) is 0 Å². The van der Waals surface area contributed by atoms with Crippen molar-refractivity contribution in [2.75, 3.05) is 0 Å². The maximum Gasteiger partial charge on any atom is 0.261 e. The summed E-state index contributed by atoms with van der Waals surface area (Å²) >= 11 is 0. The Hall–Kier alpha value is -2.53. The summed E-state index contributed by atoms with van der Waals surface area (Å²) in [6.07, 6.45) is 0. The van der Waals surface area contributed by atoms with Crippen molar-refractivity contribution in [2.45, 2.75) is 19.9 Å². The van der Waals surface area contributed by atoms with E-state index in [1.807, 2.05) is 26.0 Å². The summed E-state index contributed by atoms with van der Waals surface area (Å²) in [5.41, 5.74) is 8.78. The highest BCUT2D eigenvalue weighted by atomic mass is 19.1. The van der Waals surface area contributed by atoms with Crippen molar-refractivity contribution in [1.82, 2.24) is 9.55 Å². The van der Waals surface area contributed by atoms with Gasteiger partial charge in [0.25, 0.3) is 5.56 Å². The van der Waals surface area contributed by atoms with Crippen molar-refractivity contribution < 1.29 is 4.39 Å². The van der Waals surface area contributed by atoms with Gasteiger partial charge >= 0.3 is 0 Å². The minimum Gasteiger partial charge on any atom is -0.324 e. The van der Waals surface area contributed by atoms with Gasteiger partial charge in [-0.3, -0.25) is 9.36 Å². The van der Waals surface area contributed by atoms with Crippen LogP contribution in [0, 0.1) is 12.7 Å². The van der Waals surface area contributed by atoms with Crippen molar-refractivity contribution in [3.8, 4) is 11.4 Å². The predicted octanol–water partition coefficient (Wildman–Crippen LogP) is 3.07. The third kappa shape index (κ3) is 2.64. The molecule has 0 aliphatic carbocycles. The monoisotopic (exact) mass is 311 g/mol. The summed E-state index contributed by atoms with van der Waals surface area (Å²) < 4.78 is 15.0. The maximum absolute atomic E-state index is 13.5. The van der Waals surface area contributed by atoms with Crippen LogP contribution in [-0.4, -0.2) is 9.55 Å². The van der Waals surface area contributed by atoms with Crippen LogP contribution in [0.3, 0.4) is 0 Å². The molecule has 4 nitrogen and oxygen atoms in total. The van der Waals surface area contributed by atoms with Crippen molar-refractivity contribution in [3.05, 3.63) is 63.7 Å². The fourth-order valence-corrected chi connectivity index (χ4v) is 2.79. The Balaban J connectivity index is 2.42. The molecule has 1 aromatic heterocycles. The second-order valence-corrected chi connectivity index (χ2v) is 5.85. The molecule has 23 heavy (non-hydrogen) atoms. The fraction of sp³-hybridized carbons (Fsp3) is 0.222. The Morgan fingerprint density at radius 2 is 2.00 bits per heavy atom. The first kappa shape index (κ1) is 15.4. The minimum atomic E-state index is -0.367. The van der Waals surface area contributed by atoms with Gasteiger partial charge in [-0.15, -0.1) is 0 Å². The van der Waals surface area contributed by atoms with Gasteiger partial charge in [-0.05, 0) is 43.2 Å². The molecule has 0 aliphatic rings. The van der Waals surface area contributed by atoms with Gasteiger partial charge in [-0.2, -0.15) is 0 Å². The van der Waals surface area contributed by atoms with E-state index in [0.717, 1.165) is 11.1 Å². The van der Waals surface area contributed by atoms with E-state index in [0.29, 0.717) is 22.3 Å². The highest BCUT2D eigenvalue weighted by Crippen LogP contribution is 2.25. The fourth-order valence-electron chi connectivity index (χ4n) is 2.79. The first-order chi connectivity index (χ1) is 10.9. The quantitative estimate of drug-likeness (QED) is 0.791. The second kappa shape index (κ2) is 5.59. The molecule has 0 saturated carbocycles. The number of aromatic nitrogens is 2. The lowest BCUT2D eigenvalue weighted by Gasteiger charge is -2.14. The number of rotatable bonds is 2. The van der Waals surface area contributed by atoms with Crippen LogP contribution in [0.4, 0.5) is 4.39 Å². The number of hydrogen-bond acceptors (Lipinski definition) is 3. The lowest BCUT2D eigenvalue weighted by molar-refractivity contribution is 0.628. The van der Waals surface area contributed by atoms with Gasteiger partial charge in [-0.25, -0.2) is 9.37 Å². The van der Waals surface area contributed by atoms with Crippen LogP contribution in [0.1, 0.15) is 24.1 Å². The van der Waals surface area contributed by atoms with E-state index in [9.17, 15) is 9.18 Å². The molecule has 3 rings (SSSR count).